The molecule has 3 heterocycles. The van der Waals surface area contributed by atoms with Crippen LogP contribution < -0.4 is 5.32 Å². The Hall–Kier alpha value is -3.14. The standard InChI is InChI=1S/C18H23N9O/c1-12(18-20-13(2)21-23-18)19-17(28)11-27-16(22-24-25-27)10-26-8-7-14-5-3-4-6-15(14)9-26/h3-6,12H,7-11H2,1-2H3,(H,19,28)(H,20,21,23). The van der Waals surface area contributed by atoms with E-state index in [1.807, 2.05) is 13.8 Å². The number of H-pyrrole nitrogens is 1. The third kappa shape index (κ3) is 4.06. The van der Waals surface area contributed by atoms with Crippen LogP contribution >= 0.6 is 0 Å². The number of hydrogen-bond acceptors (Lipinski definition) is 7. The van der Waals surface area contributed by atoms with Crippen LogP contribution in [0.3, 0.4) is 0 Å². The zero-order valence-corrected chi connectivity index (χ0v) is 16.0. The van der Waals surface area contributed by atoms with Gasteiger partial charge in [0, 0.05) is 13.1 Å². The molecule has 0 bridgehead atoms. The first-order valence-electron chi connectivity index (χ1n) is 9.31. The number of aromatic amines is 1. The van der Waals surface area contributed by atoms with E-state index in [0.717, 1.165) is 19.5 Å². The quantitative estimate of drug-likeness (QED) is 0.640. The van der Waals surface area contributed by atoms with E-state index in [1.54, 1.807) is 4.68 Å². The maximum Gasteiger partial charge on any atom is 0.242 e. The second-order valence-corrected chi connectivity index (χ2v) is 7.05. The molecule has 10 nitrogen and oxygen atoms in total. The van der Waals surface area contributed by atoms with Gasteiger partial charge in [0.15, 0.2) is 11.6 Å². The summed E-state index contributed by atoms with van der Waals surface area (Å²) < 4.78 is 1.55. The van der Waals surface area contributed by atoms with Crippen LogP contribution in [0.1, 0.15) is 41.6 Å². The van der Waals surface area contributed by atoms with Gasteiger partial charge in [0.05, 0.1) is 12.6 Å². The lowest BCUT2D eigenvalue weighted by atomic mass is 10.00. The monoisotopic (exact) mass is 381 g/mol. The van der Waals surface area contributed by atoms with Crippen LogP contribution in [0.15, 0.2) is 24.3 Å². The predicted molar refractivity (Wildman–Crippen MR) is 99.8 cm³/mol. The van der Waals surface area contributed by atoms with Crippen LogP contribution in [0, 0.1) is 6.92 Å². The fourth-order valence-electron chi connectivity index (χ4n) is 3.39. The Morgan fingerprint density at radius 3 is 2.93 bits per heavy atom. The molecule has 10 heteroatoms. The Bertz CT molecular complexity index is 963. The number of nitrogens with zero attached hydrogens (tertiary/aromatic N) is 7. The van der Waals surface area contributed by atoms with Gasteiger partial charge in [-0.05, 0) is 41.8 Å². The Morgan fingerprint density at radius 2 is 2.14 bits per heavy atom. The molecule has 0 saturated carbocycles. The average Bonchev–Trinajstić information content (AvgIpc) is 3.31. The predicted octanol–water partition coefficient (Wildman–Crippen LogP) is 0.535. The van der Waals surface area contributed by atoms with E-state index in [0.29, 0.717) is 24.0 Å². The third-order valence-corrected chi connectivity index (χ3v) is 4.85. The van der Waals surface area contributed by atoms with E-state index in [4.69, 9.17) is 0 Å². The highest BCUT2D eigenvalue weighted by molar-refractivity contribution is 5.76. The highest BCUT2D eigenvalue weighted by Gasteiger charge is 2.20. The summed E-state index contributed by atoms with van der Waals surface area (Å²) in [5, 5.41) is 21.6. The Labute approximate surface area is 162 Å². The molecule has 0 fully saturated rings. The van der Waals surface area contributed by atoms with Gasteiger partial charge < -0.3 is 5.32 Å². The van der Waals surface area contributed by atoms with Gasteiger partial charge in [0.2, 0.25) is 5.91 Å². The van der Waals surface area contributed by atoms with E-state index in [1.165, 1.54) is 11.1 Å². The average molecular weight is 381 g/mol. The highest BCUT2D eigenvalue weighted by Crippen LogP contribution is 2.19. The van der Waals surface area contributed by atoms with Crippen molar-refractivity contribution in [3.05, 3.63) is 52.9 Å². The molecule has 2 N–H and O–H groups in total. The van der Waals surface area contributed by atoms with Crippen molar-refractivity contribution in [2.45, 2.75) is 45.9 Å². The van der Waals surface area contributed by atoms with Crippen molar-refractivity contribution < 1.29 is 4.79 Å². The van der Waals surface area contributed by atoms with Crippen molar-refractivity contribution in [3.63, 3.8) is 0 Å². The number of nitrogens with one attached hydrogen (secondary N) is 2. The molecule has 0 saturated heterocycles. The molecule has 0 aliphatic carbocycles. The Balaban J connectivity index is 1.36. The number of carbonyl (C=O) groups excluding carboxylic acids is 1. The number of tetrazole rings is 1. The first kappa shape index (κ1) is 18.2. The number of hydrogen-bond donors (Lipinski definition) is 2. The van der Waals surface area contributed by atoms with E-state index in [9.17, 15) is 4.79 Å². The molecule has 2 aromatic heterocycles. The number of amides is 1. The van der Waals surface area contributed by atoms with E-state index in [-0.39, 0.29) is 18.5 Å². The molecule has 1 atom stereocenters. The van der Waals surface area contributed by atoms with E-state index < -0.39 is 0 Å². The van der Waals surface area contributed by atoms with Gasteiger partial charge in [0.1, 0.15) is 12.4 Å². The topological polar surface area (TPSA) is 118 Å². The summed E-state index contributed by atoms with van der Waals surface area (Å²) in [5.41, 5.74) is 2.73. The summed E-state index contributed by atoms with van der Waals surface area (Å²) in [7, 11) is 0. The van der Waals surface area contributed by atoms with Gasteiger partial charge in [-0.15, -0.1) is 5.10 Å². The first-order chi connectivity index (χ1) is 13.6. The largest absolute Gasteiger partial charge is 0.345 e. The zero-order chi connectivity index (χ0) is 19.5. The first-order valence-corrected chi connectivity index (χ1v) is 9.31. The number of carbonyl (C=O) groups is 1. The second-order valence-electron chi connectivity index (χ2n) is 7.05. The van der Waals surface area contributed by atoms with Crippen molar-refractivity contribution in [2.75, 3.05) is 6.54 Å². The molecule has 1 aromatic carbocycles. The van der Waals surface area contributed by atoms with Crippen LogP contribution in [0.25, 0.3) is 0 Å². The summed E-state index contributed by atoms with van der Waals surface area (Å²) in [6, 6.07) is 8.18. The zero-order valence-electron chi connectivity index (χ0n) is 16.0. The second kappa shape index (κ2) is 7.85. The molecular formula is C18H23N9O. The lowest BCUT2D eigenvalue weighted by Gasteiger charge is -2.28. The van der Waals surface area contributed by atoms with Gasteiger partial charge in [-0.25, -0.2) is 9.67 Å². The van der Waals surface area contributed by atoms with Crippen LogP contribution in [0.2, 0.25) is 0 Å². The molecule has 28 heavy (non-hydrogen) atoms. The van der Waals surface area contributed by atoms with Gasteiger partial charge in [-0.2, -0.15) is 5.10 Å². The van der Waals surface area contributed by atoms with Crippen molar-refractivity contribution in [2.24, 2.45) is 0 Å². The fraction of sp³-hybridized carbons (Fsp3) is 0.444. The summed E-state index contributed by atoms with van der Waals surface area (Å²) >= 11 is 0. The minimum atomic E-state index is -0.295. The lowest BCUT2D eigenvalue weighted by molar-refractivity contribution is -0.122. The SMILES string of the molecule is Cc1nc(C(C)NC(=O)Cn2nnnc2CN2CCc3ccccc3C2)n[nH]1. The summed E-state index contributed by atoms with van der Waals surface area (Å²) in [6.07, 6.45) is 1.01. The molecule has 0 radical (unpaired) electrons. The normalized spacial score (nSPS) is 15.2. The van der Waals surface area contributed by atoms with Crippen LogP contribution in [-0.2, 0) is 30.8 Å². The molecule has 0 spiro atoms. The van der Waals surface area contributed by atoms with Crippen molar-refractivity contribution in [1.82, 2.24) is 45.6 Å². The number of fused-ring (bicyclic) bond motifs is 1. The number of aromatic nitrogens is 7. The van der Waals surface area contributed by atoms with Crippen LogP contribution in [0.4, 0.5) is 0 Å². The summed E-state index contributed by atoms with van der Waals surface area (Å²) in [5.74, 6) is 1.75. The molecule has 1 unspecified atom stereocenters. The lowest BCUT2D eigenvalue weighted by Crippen LogP contribution is -2.34. The van der Waals surface area contributed by atoms with E-state index >= 15 is 0 Å². The van der Waals surface area contributed by atoms with Crippen LogP contribution in [-0.4, -0.2) is 52.7 Å². The fourth-order valence-corrected chi connectivity index (χ4v) is 3.39. The minimum absolute atomic E-state index is 0.0561. The minimum Gasteiger partial charge on any atom is -0.345 e. The Morgan fingerprint density at radius 1 is 1.32 bits per heavy atom. The smallest absolute Gasteiger partial charge is 0.242 e. The van der Waals surface area contributed by atoms with Crippen molar-refractivity contribution >= 4 is 5.91 Å². The highest BCUT2D eigenvalue weighted by atomic mass is 16.2. The van der Waals surface area contributed by atoms with Crippen molar-refractivity contribution in [1.29, 1.82) is 0 Å². The maximum absolute atomic E-state index is 12.4. The van der Waals surface area contributed by atoms with Gasteiger partial charge in [-0.3, -0.25) is 14.8 Å². The molecule has 1 aliphatic rings. The van der Waals surface area contributed by atoms with Crippen molar-refractivity contribution in [3.8, 4) is 0 Å². The van der Waals surface area contributed by atoms with Gasteiger partial charge in [0.25, 0.3) is 0 Å². The number of aryl methyl sites for hydroxylation is 1. The summed E-state index contributed by atoms with van der Waals surface area (Å²) in [6.45, 7) is 6.11. The molecule has 4 rings (SSSR count). The molecule has 146 valence electrons. The molecular weight excluding hydrogens is 358 g/mol. The van der Waals surface area contributed by atoms with Gasteiger partial charge in [-0.1, -0.05) is 24.3 Å². The Kier molecular flexibility index (Phi) is 5.11. The maximum atomic E-state index is 12.4. The molecule has 1 amide bonds. The molecule has 1 aliphatic heterocycles. The summed E-state index contributed by atoms with van der Waals surface area (Å²) in [4.78, 5) is 18.9. The number of benzene rings is 1. The van der Waals surface area contributed by atoms with E-state index in [2.05, 4.69) is 65.2 Å². The van der Waals surface area contributed by atoms with Crippen LogP contribution in [0.5, 0.6) is 0 Å². The van der Waals surface area contributed by atoms with Gasteiger partial charge >= 0.3 is 0 Å². The molecule has 3 aromatic rings. The third-order valence-electron chi connectivity index (χ3n) is 4.85. The number of rotatable bonds is 6.